The van der Waals surface area contributed by atoms with Gasteiger partial charge in [-0.2, -0.15) is 0 Å². The van der Waals surface area contributed by atoms with Gasteiger partial charge in [0.15, 0.2) is 0 Å². The predicted octanol–water partition coefficient (Wildman–Crippen LogP) is 1.25. The van der Waals surface area contributed by atoms with Crippen LogP contribution in [0, 0.1) is 16.7 Å². The minimum Gasteiger partial charge on any atom is -0.481 e. The second kappa shape index (κ2) is 5.89. The molecule has 0 unspecified atom stereocenters. The summed E-state index contributed by atoms with van der Waals surface area (Å²) in [5.74, 6) is -1.49. The van der Waals surface area contributed by atoms with Crippen LogP contribution in [0.5, 0.6) is 0 Å². The number of carboxylic acid groups (broad SMARTS) is 1. The van der Waals surface area contributed by atoms with Gasteiger partial charge in [-0.15, -0.1) is 0 Å². The number of likely N-dealkylation sites (tertiary alicyclic amines) is 1. The van der Waals surface area contributed by atoms with Gasteiger partial charge in [-0.25, -0.2) is 0 Å². The summed E-state index contributed by atoms with van der Waals surface area (Å²) in [6.07, 6.45) is 3.06. The van der Waals surface area contributed by atoms with Crippen LogP contribution >= 0.6 is 0 Å². The highest BCUT2D eigenvalue weighted by atomic mass is 16.4. The van der Waals surface area contributed by atoms with E-state index in [4.69, 9.17) is 0 Å². The third-order valence-corrected chi connectivity index (χ3v) is 5.89. The van der Waals surface area contributed by atoms with Crippen LogP contribution in [-0.4, -0.2) is 47.4 Å². The summed E-state index contributed by atoms with van der Waals surface area (Å²) in [5, 5.41) is 12.2. The fourth-order valence-corrected chi connectivity index (χ4v) is 3.71. The molecule has 1 aliphatic heterocycles. The summed E-state index contributed by atoms with van der Waals surface area (Å²) in [6, 6.07) is 0. The highest BCUT2D eigenvalue weighted by Crippen LogP contribution is 2.56. The van der Waals surface area contributed by atoms with E-state index in [1.54, 1.807) is 11.8 Å². The SMILES string of the molecule is CC1(C)[C@@H](C(=O)NCC(=O)N2CCCC2)CC[C@@]1(C)C(=O)O. The smallest absolute Gasteiger partial charge is 0.309 e. The van der Waals surface area contributed by atoms with Crippen molar-refractivity contribution >= 4 is 17.8 Å². The molecule has 0 aromatic carbocycles. The number of carbonyl (C=O) groups is 3. The van der Waals surface area contributed by atoms with Gasteiger partial charge in [-0.3, -0.25) is 14.4 Å². The van der Waals surface area contributed by atoms with Crippen molar-refractivity contribution in [3.05, 3.63) is 0 Å². The highest BCUT2D eigenvalue weighted by molar-refractivity contribution is 5.88. The summed E-state index contributed by atoms with van der Waals surface area (Å²) < 4.78 is 0. The Morgan fingerprint density at radius 2 is 1.77 bits per heavy atom. The monoisotopic (exact) mass is 310 g/mol. The molecule has 0 spiro atoms. The normalized spacial score (nSPS) is 30.3. The lowest BCUT2D eigenvalue weighted by Crippen LogP contribution is -2.47. The van der Waals surface area contributed by atoms with Crippen molar-refractivity contribution in [2.45, 2.75) is 46.5 Å². The second-order valence-electron chi connectivity index (χ2n) is 7.26. The molecule has 0 radical (unpaired) electrons. The third kappa shape index (κ3) is 2.71. The Balaban J connectivity index is 1.95. The number of aliphatic carboxylic acids is 1. The lowest BCUT2D eigenvalue weighted by Gasteiger charge is -2.37. The summed E-state index contributed by atoms with van der Waals surface area (Å²) in [4.78, 5) is 37.7. The fourth-order valence-electron chi connectivity index (χ4n) is 3.71. The maximum absolute atomic E-state index is 12.4. The number of rotatable bonds is 4. The summed E-state index contributed by atoms with van der Waals surface area (Å²) in [7, 11) is 0. The first-order chi connectivity index (χ1) is 10.2. The molecule has 0 aromatic heterocycles. The lowest BCUT2D eigenvalue weighted by molar-refractivity contribution is -0.155. The zero-order valence-electron chi connectivity index (χ0n) is 13.6. The molecule has 1 aliphatic carbocycles. The van der Waals surface area contributed by atoms with E-state index in [1.165, 1.54) is 0 Å². The Hall–Kier alpha value is -1.59. The van der Waals surface area contributed by atoms with Crippen LogP contribution in [0.15, 0.2) is 0 Å². The highest BCUT2D eigenvalue weighted by Gasteiger charge is 2.58. The molecule has 22 heavy (non-hydrogen) atoms. The van der Waals surface area contributed by atoms with E-state index in [0.29, 0.717) is 12.8 Å². The zero-order valence-corrected chi connectivity index (χ0v) is 13.6. The number of amides is 2. The second-order valence-corrected chi connectivity index (χ2v) is 7.26. The topological polar surface area (TPSA) is 86.7 Å². The van der Waals surface area contributed by atoms with Crippen LogP contribution in [0.1, 0.15) is 46.5 Å². The third-order valence-electron chi connectivity index (χ3n) is 5.89. The average Bonchev–Trinajstić information content (AvgIpc) is 3.04. The van der Waals surface area contributed by atoms with E-state index in [-0.39, 0.29) is 24.3 Å². The first kappa shape index (κ1) is 16.8. The molecule has 2 atom stereocenters. The Morgan fingerprint density at radius 3 is 2.27 bits per heavy atom. The van der Waals surface area contributed by atoms with E-state index >= 15 is 0 Å². The van der Waals surface area contributed by atoms with Gasteiger partial charge in [-0.1, -0.05) is 13.8 Å². The lowest BCUT2D eigenvalue weighted by atomic mass is 9.65. The van der Waals surface area contributed by atoms with Crippen LogP contribution in [0.4, 0.5) is 0 Å². The minimum absolute atomic E-state index is 0.00913. The molecule has 2 N–H and O–H groups in total. The van der Waals surface area contributed by atoms with E-state index in [1.807, 2.05) is 13.8 Å². The van der Waals surface area contributed by atoms with Crippen molar-refractivity contribution in [3.8, 4) is 0 Å². The molecular weight excluding hydrogens is 284 g/mol. The summed E-state index contributed by atoms with van der Waals surface area (Å²) in [6.45, 7) is 6.91. The maximum Gasteiger partial charge on any atom is 0.309 e. The van der Waals surface area contributed by atoms with Crippen molar-refractivity contribution in [2.24, 2.45) is 16.7 Å². The largest absolute Gasteiger partial charge is 0.481 e. The quantitative estimate of drug-likeness (QED) is 0.818. The first-order valence-electron chi connectivity index (χ1n) is 7.99. The van der Waals surface area contributed by atoms with E-state index in [2.05, 4.69) is 5.32 Å². The molecule has 1 saturated carbocycles. The number of nitrogens with zero attached hydrogens (tertiary/aromatic N) is 1. The van der Waals surface area contributed by atoms with Crippen LogP contribution in [-0.2, 0) is 14.4 Å². The molecule has 2 aliphatic rings. The van der Waals surface area contributed by atoms with Crippen LogP contribution in [0.25, 0.3) is 0 Å². The van der Waals surface area contributed by atoms with Crippen molar-refractivity contribution in [1.82, 2.24) is 10.2 Å². The number of hydrogen-bond acceptors (Lipinski definition) is 3. The summed E-state index contributed by atoms with van der Waals surface area (Å²) >= 11 is 0. The van der Waals surface area contributed by atoms with Crippen LogP contribution in [0.2, 0.25) is 0 Å². The Kier molecular flexibility index (Phi) is 4.49. The van der Waals surface area contributed by atoms with Gasteiger partial charge in [-0.05, 0) is 38.0 Å². The molecule has 0 bridgehead atoms. The molecule has 1 heterocycles. The van der Waals surface area contributed by atoms with Gasteiger partial charge >= 0.3 is 5.97 Å². The van der Waals surface area contributed by atoms with E-state index in [0.717, 1.165) is 25.9 Å². The van der Waals surface area contributed by atoms with Gasteiger partial charge in [0.05, 0.1) is 12.0 Å². The minimum atomic E-state index is -0.909. The van der Waals surface area contributed by atoms with Gasteiger partial charge in [0, 0.05) is 19.0 Å². The Labute approximate surface area is 131 Å². The molecule has 124 valence electrons. The van der Waals surface area contributed by atoms with Crippen LogP contribution < -0.4 is 5.32 Å². The van der Waals surface area contributed by atoms with Gasteiger partial charge in [0.25, 0.3) is 0 Å². The van der Waals surface area contributed by atoms with E-state index < -0.39 is 16.8 Å². The Morgan fingerprint density at radius 1 is 1.18 bits per heavy atom. The molecule has 6 nitrogen and oxygen atoms in total. The average molecular weight is 310 g/mol. The standard InChI is InChI=1S/C16H26N2O4/c1-15(2)11(6-7-16(15,3)14(21)22)13(20)17-10-12(19)18-8-4-5-9-18/h11H,4-10H2,1-3H3,(H,17,20)(H,21,22)/t11-,16+/m1/s1. The maximum atomic E-state index is 12.4. The molecule has 6 heteroatoms. The van der Waals surface area contributed by atoms with Crippen molar-refractivity contribution < 1.29 is 19.5 Å². The molecule has 2 amide bonds. The fraction of sp³-hybridized carbons (Fsp3) is 0.812. The van der Waals surface area contributed by atoms with Gasteiger partial charge in [0.2, 0.25) is 11.8 Å². The molecule has 0 aromatic rings. The number of carbonyl (C=O) groups excluding carboxylic acids is 2. The molecule has 2 rings (SSSR count). The number of carboxylic acids is 1. The van der Waals surface area contributed by atoms with Crippen molar-refractivity contribution in [1.29, 1.82) is 0 Å². The Bertz CT molecular complexity index is 483. The van der Waals surface area contributed by atoms with Crippen molar-refractivity contribution in [2.75, 3.05) is 19.6 Å². The zero-order chi connectivity index (χ0) is 16.5. The number of hydrogen-bond donors (Lipinski definition) is 2. The van der Waals surface area contributed by atoms with Crippen molar-refractivity contribution in [3.63, 3.8) is 0 Å². The van der Waals surface area contributed by atoms with Gasteiger partial charge < -0.3 is 15.3 Å². The molecular formula is C16H26N2O4. The van der Waals surface area contributed by atoms with Gasteiger partial charge in [0.1, 0.15) is 0 Å². The first-order valence-corrected chi connectivity index (χ1v) is 7.99. The molecule has 2 fully saturated rings. The predicted molar refractivity (Wildman–Crippen MR) is 81.1 cm³/mol. The summed E-state index contributed by atoms with van der Waals surface area (Å²) in [5.41, 5.74) is -1.55. The molecule has 1 saturated heterocycles. The van der Waals surface area contributed by atoms with Crippen LogP contribution in [0.3, 0.4) is 0 Å². The van der Waals surface area contributed by atoms with E-state index in [9.17, 15) is 19.5 Å². The number of nitrogens with one attached hydrogen (secondary N) is 1.